The van der Waals surface area contributed by atoms with Crippen LogP contribution in [0.1, 0.15) is 70.6 Å². The molecule has 4 aromatic rings. The Morgan fingerprint density at radius 2 is 1.91 bits per heavy atom. The van der Waals surface area contributed by atoms with Crippen molar-refractivity contribution in [2.75, 3.05) is 14.2 Å². The summed E-state index contributed by atoms with van der Waals surface area (Å²) in [7, 11) is 3.53. The number of aromatic nitrogens is 4. The summed E-state index contributed by atoms with van der Waals surface area (Å²) in [6, 6.07) is 9.83. The van der Waals surface area contributed by atoms with Crippen molar-refractivity contribution in [1.82, 2.24) is 24.5 Å². The predicted octanol–water partition coefficient (Wildman–Crippen LogP) is 3.80. The third kappa shape index (κ3) is 2.77. The smallest absolute Gasteiger partial charge is 0.254 e. The molecular weight excluding hydrogens is 440 g/mol. The van der Waals surface area contributed by atoms with Crippen LogP contribution in [0.3, 0.4) is 0 Å². The van der Waals surface area contributed by atoms with E-state index in [4.69, 9.17) is 15.6 Å². The summed E-state index contributed by atoms with van der Waals surface area (Å²) < 4.78 is 7.65. The number of hydrogen-bond acceptors (Lipinski definition) is 6. The third-order valence-corrected chi connectivity index (χ3v) is 8.15. The molecule has 4 heterocycles. The molecule has 3 aliphatic rings. The quantitative estimate of drug-likeness (QED) is 0.493. The molecule has 2 atom stereocenters. The lowest BCUT2D eigenvalue weighted by molar-refractivity contribution is 0.0734. The van der Waals surface area contributed by atoms with Crippen molar-refractivity contribution in [3.05, 3.63) is 77.1 Å². The molecule has 3 aromatic heterocycles. The van der Waals surface area contributed by atoms with Crippen LogP contribution in [0, 0.1) is 0 Å². The van der Waals surface area contributed by atoms with E-state index >= 15 is 0 Å². The first-order valence-electron chi connectivity index (χ1n) is 12.1. The maximum absolute atomic E-state index is 13.3. The van der Waals surface area contributed by atoms with Crippen molar-refractivity contribution < 1.29 is 9.53 Å². The summed E-state index contributed by atoms with van der Waals surface area (Å²) in [6.07, 6.45) is 9.50. The van der Waals surface area contributed by atoms with Crippen molar-refractivity contribution in [2.45, 2.75) is 43.2 Å². The second-order valence-electron chi connectivity index (χ2n) is 9.99. The van der Waals surface area contributed by atoms with Gasteiger partial charge in [0.25, 0.3) is 5.91 Å². The van der Waals surface area contributed by atoms with Gasteiger partial charge in [0.15, 0.2) is 0 Å². The van der Waals surface area contributed by atoms with Crippen molar-refractivity contribution in [1.29, 1.82) is 0 Å². The van der Waals surface area contributed by atoms with Gasteiger partial charge in [-0.2, -0.15) is 5.10 Å². The van der Waals surface area contributed by atoms with E-state index in [2.05, 4.69) is 16.0 Å². The Morgan fingerprint density at radius 1 is 1.11 bits per heavy atom. The molecule has 0 spiro atoms. The van der Waals surface area contributed by atoms with Crippen LogP contribution in [0.4, 0.5) is 0 Å². The highest BCUT2D eigenvalue weighted by Gasteiger charge is 2.45. The fourth-order valence-electron chi connectivity index (χ4n) is 6.04. The van der Waals surface area contributed by atoms with Gasteiger partial charge in [-0.1, -0.05) is 6.07 Å². The Labute approximate surface area is 202 Å². The van der Waals surface area contributed by atoms with Gasteiger partial charge in [-0.3, -0.25) is 4.79 Å². The van der Waals surface area contributed by atoms with Crippen LogP contribution in [0.2, 0.25) is 0 Å². The molecule has 8 heteroatoms. The fourth-order valence-corrected chi connectivity index (χ4v) is 6.04. The van der Waals surface area contributed by atoms with E-state index < -0.39 is 0 Å². The lowest BCUT2D eigenvalue weighted by Gasteiger charge is -2.36. The first-order valence-corrected chi connectivity index (χ1v) is 12.1. The van der Waals surface area contributed by atoms with Gasteiger partial charge in [0.05, 0.1) is 29.9 Å². The van der Waals surface area contributed by atoms with Crippen LogP contribution in [0.5, 0.6) is 5.75 Å². The van der Waals surface area contributed by atoms with E-state index in [0.29, 0.717) is 5.56 Å². The number of rotatable bonds is 3. The van der Waals surface area contributed by atoms with Crippen molar-refractivity contribution in [2.24, 2.45) is 5.73 Å². The molecule has 2 aliphatic carbocycles. The standard InChI is InChI=1S/C27H26N6O2/c1-32-20-12-18(22-17(25(32)34)5-3-6-21(22)35-2)23-19-11-15(7-10-33(19)31-24(20)23)16-13-29-26(30-14-16)27(28)8-4-9-27/h3,5-7,10-11,13-14,18,20H,4,8-9,12,28H2,1-2H3/t18-,20-/m1/s1. The van der Waals surface area contributed by atoms with Gasteiger partial charge in [-0.15, -0.1) is 0 Å². The van der Waals surface area contributed by atoms with E-state index in [1.807, 2.05) is 59.3 Å². The third-order valence-electron chi connectivity index (χ3n) is 8.15. The number of benzene rings is 1. The molecule has 0 unspecified atom stereocenters. The number of fused-ring (bicyclic) bond motifs is 9. The van der Waals surface area contributed by atoms with Crippen LogP contribution < -0.4 is 10.5 Å². The van der Waals surface area contributed by atoms with Gasteiger partial charge in [0.2, 0.25) is 0 Å². The van der Waals surface area contributed by atoms with Crippen LogP contribution in [0.15, 0.2) is 48.9 Å². The zero-order valence-electron chi connectivity index (χ0n) is 19.7. The Bertz CT molecular complexity index is 1500. The summed E-state index contributed by atoms with van der Waals surface area (Å²) >= 11 is 0. The number of carbonyl (C=O) groups excluding carboxylic acids is 1. The first-order chi connectivity index (χ1) is 17.0. The molecule has 0 radical (unpaired) electrons. The molecule has 35 heavy (non-hydrogen) atoms. The minimum absolute atomic E-state index is 0.0103. The largest absolute Gasteiger partial charge is 0.496 e. The predicted molar refractivity (Wildman–Crippen MR) is 130 cm³/mol. The molecule has 1 fully saturated rings. The van der Waals surface area contributed by atoms with E-state index in [0.717, 1.165) is 70.7 Å². The summed E-state index contributed by atoms with van der Waals surface area (Å²) in [6.45, 7) is 0. The minimum Gasteiger partial charge on any atom is -0.496 e. The molecule has 0 saturated heterocycles. The number of methoxy groups -OCH3 is 1. The summed E-state index contributed by atoms with van der Waals surface area (Å²) in [5, 5.41) is 4.92. The topological polar surface area (TPSA) is 98.6 Å². The van der Waals surface area contributed by atoms with Crippen molar-refractivity contribution >= 4 is 11.4 Å². The van der Waals surface area contributed by atoms with Crippen LogP contribution in [0.25, 0.3) is 16.6 Å². The minimum atomic E-state index is -0.374. The highest BCUT2D eigenvalue weighted by molar-refractivity contribution is 5.98. The van der Waals surface area contributed by atoms with E-state index in [-0.39, 0.29) is 23.4 Å². The number of nitrogens with two attached hydrogens (primary N) is 1. The second-order valence-corrected chi connectivity index (χ2v) is 9.99. The van der Waals surface area contributed by atoms with Gasteiger partial charge in [-0.25, -0.2) is 14.5 Å². The van der Waals surface area contributed by atoms with E-state index in [1.54, 1.807) is 7.11 Å². The van der Waals surface area contributed by atoms with Crippen molar-refractivity contribution in [3.63, 3.8) is 0 Å². The fraction of sp³-hybridized carbons (Fsp3) is 0.333. The Morgan fingerprint density at radius 3 is 2.63 bits per heavy atom. The second kappa shape index (κ2) is 7.11. The molecule has 2 bridgehead atoms. The lowest BCUT2D eigenvalue weighted by Crippen LogP contribution is -2.44. The average molecular weight is 467 g/mol. The van der Waals surface area contributed by atoms with Crippen LogP contribution >= 0.6 is 0 Å². The molecule has 8 nitrogen and oxygen atoms in total. The summed E-state index contributed by atoms with van der Waals surface area (Å²) in [5.41, 5.74) is 12.8. The highest BCUT2D eigenvalue weighted by atomic mass is 16.5. The van der Waals surface area contributed by atoms with E-state index in [1.165, 1.54) is 0 Å². The van der Waals surface area contributed by atoms with E-state index in [9.17, 15) is 4.79 Å². The molecule has 1 amide bonds. The number of nitrogens with zero attached hydrogens (tertiary/aromatic N) is 5. The number of ether oxygens (including phenoxy) is 1. The normalized spacial score (nSPS) is 21.9. The number of carbonyl (C=O) groups is 1. The first kappa shape index (κ1) is 20.6. The molecule has 1 aliphatic heterocycles. The molecule has 176 valence electrons. The Hall–Kier alpha value is -3.78. The van der Waals surface area contributed by atoms with Crippen molar-refractivity contribution in [3.8, 4) is 16.9 Å². The maximum Gasteiger partial charge on any atom is 0.254 e. The molecule has 1 saturated carbocycles. The van der Waals surface area contributed by atoms with Gasteiger partial charge in [0.1, 0.15) is 11.6 Å². The Kier molecular flexibility index (Phi) is 4.18. The molecular formula is C27H26N6O2. The number of pyridine rings is 1. The average Bonchev–Trinajstić information content (AvgIpc) is 3.39. The van der Waals surface area contributed by atoms with Crippen LogP contribution in [-0.4, -0.2) is 44.5 Å². The Balaban J connectivity index is 1.37. The lowest BCUT2D eigenvalue weighted by atomic mass is 9.77. The van der Waals surface area contributed by atoms with Gasteiger partial charge in [-0.05, 0) is 55.5 Å². The maximum atomic E-state index is 13.3. The zero-order valence-corrected chi connectivity index (χ0v) is 19.7. The molecule has 7 rings (SSSR count). The number of hydrogen-bond donors (Lipinski definition) is 1. The summed E-state index contributed by atoms with van der Waals surface area (Å²) in [4.78, 5) is 24.3. The highest BCUT2D eigenvalue weighted by Crippen LogP contribution is 2.53. The SMILES string of the molecule is COc1cccc2c1[C@H]1C[C@H](c3nn4ccc(-c5cnc(C6(N)CCC6)nc5)cc4c31)N(C)C2=O. The van der Waals surface area contributed by atoms with Gasteiger partial charge < -0.3 is 15.4 Å². The number of amides is 1. The summed E-state index contributed by atoms with van der Waals surface area (Å²) in [5.74, 6) is 1.50. The molecule has 2 N–H and O–H groups in total. The zero-order chi connectivity index (χ0) is 23.9. The van der Waals surface area contributed by atoms with Gasteiger partial charge in [0, 0.05) is 53.8 Å². The monoisotopic (exact) mass is 466 g/mol. The molecule has 1 aromatic carbocycles. The van der Waals surface area contributed by atoms with Gasteiger partial charge >= 0.3 is 0 Å². The van der Waals surface area contributed by atoms with Crippen LogP contribution in [-0.2, 0) is 5.54 Å².